The number of rotatable bonds is 5. The molecular formula is C11H23N3O. The van der Waals surface area contributed by atoms with E-state index in [0.717, 1.165) is 12.5 Å². The average Bonchev–Trinajstić information content (AvgIpc) is 2.25. The maximum absolute atomic E-state index is 10.4. The van der Waals surface area contributed by atoms with Crippen LogP contribution in [0, 0.1) is 5.92 Å². The van der Waals surface area contributed by atoms with Gasteiger partial charge in [0.25, 0.3) is 0 Å². The van der Waals surface area contributed by atoms with Crippen molar-refractivity contribution in [1.29, 1.82) is 0 Å². The lowest BCUT2D eigenvalue weighted by Crippen LogP contribution is -2.41. The summed E-state index contributed by atoms with van der Waals surface area (Å²) in [6.07, 6.45) is 6.83. The van der Waals surface area contributed by atoms with Crippen LogP contribution < -0.4 is 16.4 Å². The first-order valence-electron chi connectivity index (χ1n) is 5.97. The Morgan fingerprint density at radius 1 is 1.33 bits per heavy atom. The van der Waals surface area contributed by atoms with Crippen molar-refractivity contribution in [2.45, 2.75) is 45.1 Å². The molecule has 4 nitrogen and oxygen atoms in total. The molecule has 15 heavy (non-hydrogen) atoms. The standard InChI is InChI=1S/C11H23N3O/c1-9(10-5-3-2-4-6-10)13-7-8-14-11(12)15/h9-10,13H,2-8H2,1H3,(H3,12,14,15). The Morgan fingerprint density at radius 2 is 2.00 bits per heavy atom. The molecule has 1 aliphatic carbocycles. The van der Waals surface area contributed by atoms with Crippen LogP contribution in [0.15, 0.2) is 0 Å². The van der Waals surface area contributed by atoms with Crippen molar-refractivity contribution in [2.24, 2.45) is 11.7 Å². The van der Waals surface area contributed by atoms with E-state index in [-0.39, 0.29) is 0 Å². The highest BCUT2D eigenvalue weighted by molar-refractivity contribution is 5.71. The van der Waals surface area contributed by atoms with E-state index in [1.165, 1.54) is 32.1 Å². The van der Waals surface area contributed by atoms with Gasteiger partial charge in [-0.2, -0.15) is 0 Å². The molecule has 0 bridgehead atoms. The fourth-order valence-corrected chi connectivity index (χ4v) is 2.29. The first-order valence-corrected chi connectivity index (χ1v) is 5.97. The predicted molar refractivity (Wildman–Crippen MR) is 61.6 cm³/mol. The second-order valence-electron chi connectivity index (χ2n) is 4.43. The fraction of sp³-hybridized carbons (Fsp3) is 0.909. The Kier molecular flexibility index (Phi) is 5.47. The highest BCUT2D eigenvalue weighted by Gasteiger charge is 2.18. The molecule has 1 saturated carbocycles. The minimum absolute atomic E-state index is 0.442. The molecule has 1 unspecified atom stereocenters. The van der Waals surface area contributed by atoms with E-state index < -0.39 is 6.03 Å². The predicted octanol–water partition coefficient (Wildman–Crippen LogP) is 1.21. The first-order chi connectivity index (χ1) is 7.20. The fourth-order valence-electron chi connectivity index (χ4n) is 2.29. The van der Waals surface area contributed by atoms with Crippen LogP contribution in [0.2, 0.25) is 0 Å². The van der Waals surface area contributed by atoms with Crippen LogP contribution in [0.5, 0.6) is 0 Å². The Hall–Kier alpha value is -0.770. The molecule has 4 heteroatoms. The molecule has 1 aliphatic rings. The van der Waals surface area contributed by atoms with E-state index in [9.17, 15) is 4.79 Å². The zero-order chi connectivity index (χ0) is 11.1. The van der Waals surface area contributed by atoms with Gasteiger partial charge in [0.2, 0.25) is 0 Å². The number of nitrogens with two attached hydrogens (primary N) is 1. The van der Waals surface area contributed by atoms with E-state index in [1.807, 2.05) is 0 Å². The van der Waals surface area contributed by atoms with Crippen molar-refractivity contribution < 1.29 is 4.79 Å². The normalized spacial score (nSPS) is 19.8. The molecule has 0 spiro atoms. The number of urea groups is 1. The van der Waals surface area contributed by atoms with Crippen molar-refractivity contribution in [3.05, 3.63) is 0 Å². The van der Waals surface area contributed by atoms with Crippen molar-refractivity contribution in [3.63, 3.8) is 0 Å². The highest BCUT2D eigenvalue weighted by Crippen LogP contribution is 2.26. The monoisotopic (exact) mass is 213 g/mol. The maximum atomic E-state index is 10.4. The van der Waals surface area contributed by atoms with Crippen LogP contribution in [0.3, 0.4) is 0 Å². The van der Waals surface area contributed by atoms with Crippen molar-refractivity contribution in [1.82, 2.24) is 10.6 Å². The molecule has 0 saturated heterocycles. The lowest BCUT2D eigenvalue weighted by molar-refractivity contribution is 0.247. The number of carbonyl (C=O) groups is 1. The van der Waals surface area contributed by atoms with E-state index in [4.69, 9.17) is 5.73 Å². The quantitative estimate of drug-likeness (QED) is 0.601. The van der Waals surface area contributed by atoms with Crippen molar-refractivity contribution in [2.75, 3.05) is 13.1 Å². The van der Waals surface area contributed by atoms with Gasteiger partial charge in [0.1, 0.15) is 0 Å². The summed E-state index contributed by atoms with van der Waals surface area (Å²) in [7, 11) is 0. The van der Waals surface area contributed by atoms with Gasteiger partial charge in [0.05, 0.1) is 0 Å². The van der Waals surface area contributed by atoms with E-state index in [2.05, 4.69) is 17.6 Å². The molecule has 0 aromatic carbocycles. The third-order valence-electron chi connectivity index (χ3n) is 3.25. The Morgan fingerprint density at radius 3 is 2.60 bits per heavy atom. The second-order valence-corrected chi connectivity index (χ2v) is 4.43. The van der Waals surface area contributed by atoms with Gasteiger partial charge in [0.15, 0.2) is 0 Å². The van der Waals surface area contributed by atoms with Crippen molar-refractivity contribution >= 4 is 6.03 Å². The number of primary amides is 1. The summed E-state index contributed by atoms with van der Waals surface area (Å²) in [5.41, 5.74) is 4.97. The molecule has 1 fully saturated rings. The largest absolute Gasteiger partial charge is 0.352 e. The van der Waals surface area contributed by atoms with E-state index >= 15 is 0 Å². The van der Waals surface area contributed by atoms with Gasteiger partial charge in [-0.25, -0.2) is 4.79 Å². The smallest absolute Gasteiger partial charge is 0.312 e. The van der Waals surface area contributed by atoms with Crippen LogP contribution in [0.25, 0.3) is 0 Å². The average molecular weight is 213 g/mol. The molecule has 1 atom stereocenters. The summed E-state index contributed by atoms with van der Waals surface area (Å²) in [5, 5.41) is 6.02. The summed E-state index contributed by atoms with van der Waals surface area (Å²) in [6.45, 7) is 3.66. The Labute approximate surface area is 92.0 Å². The molecule has 1 rings (SSSR count). The molecule has 0 aliphatic heterocycles. The van der Waals surface area contributed by atoms with Gasteiger partial charge >= 0.3 is 6.03 Å². The first kappa shape index (κ1) is 12.3. The molecule has 0 radical (unpaired) electrons. The van der Waals surface area contributed by atoms with Crippen LogP contribution >= 0.6 is 0 Å². The number of amides is 2. The number of hydrogen-bond donors (Lipinski definition) is 3. The number of carbonyl (C=O) groups excluding carboxylic acids is 1. The molecule has 4 N–H and O–H groups in total. The molecule has 88 valence electrons. The van der Waals surface area contributed by atoms with Gasteiger partial charge in [0, 0.05) is 19.1 Å². The maximum Gasteiger partial charge on any atom is 0.312 e. The highest BCUT2D eigenvalue weighted by atomic mass is 16.2. The van der Waals surface area contributed by atoms with Crippen molar-refractivity contribution in [3.8, 4) is 0 Å². The molecule has 2 amide bonds. The topological polar surface area (TPSA) is 67.2 Å². The SMILES string of the molecule is CC(NCCNC(N)=O)C1CCCCC1. The summed E-state index contributed by atoms with van der Waals surface area (Å²) in [4.78, 5) is 10.4. The lowest BCUT2D eigenvalue weighted by Gasteiger charge is -2.28. The minimum Gasteiger partial charge on any atom is -0.352 e. The second kappa shape index (κ2) is 6.67. The van der Waals surface area contributed by atoms with Crippen LogP contribution in [-0.4, -0.2) is 25.2 Å². The summed E-state index contributed by atoms with van der Waals surface area (Å²) < 4.78 is 0. The van der Waals surface area contributed by atoms with Gasteiger partial charge in [-0.05, 0) is 25.7 Å². The molecular weight excluding hydrogens is 190 g/mol. The van der Waals surface area contributed by atoms with Crippen LogP contribution in [-0.2, 0) is 0 Å². The molecule has 0 aromatic heterocycles. The summed E-state index contributed by atoms with van der Waals surface area (Å²) in [5.74, 6) is 0.812. The van der Waals surface area contributed by atoms with Gasteiger partial charge in [-0.15, -0.1) is 0 Å². The molecule has 0 heterocycles. The van der Waals surface area contributed by atoms with E-state index in [1.54, 1.807) is 0 Å². The minimum atomic E-state index is -0.442. The lowest BCUT2D eigenvalue weighted by atomic mass is 9.84. The third kappa shape index (κ3) is 5.02. The molecule has 0 aromatic rings. The third-order valence-corrected chi connectivity index (χ3v) is 3.25. The van der Waals surface area contributed by atoms with Gasteiger partial charge in [-0.3, -0.25) is 0 Å². The zero-order valence-electron chi connectivity index (χ0n) is 9.59. The van der Waals surface area contributed by atoms with Gasteiger partial charge in [-0.1, -0.05) is 19.3 Å². The van der Waals surface area contributed by atoms with Crippen LogP contribution in [0.4, 0.5) is 4.79 Å². The zero-order valence-corrected chi connectivity index (χ0v) is 9.59. The Balaban J connectivity index is 2.06. The summed E-state index contributed by atoms with van der Waals surface area (Å²) >= 11 is 0. The van der Waals surface area contributed by atoms with E-state index in [0.29, 0.717) is 12.6 Å². The van der Waals surface area contributed by atoms with Crippen LogP contribution in [0.1, 0.15) is 39.0 Å². The number of nitrogens with one attached hydrogen (secondary N) is 2. The summed E-state index contributed by atoms with van der Waals surface area (Å²) in [6, 6.07) is 0.113. The van der Waals surface area contributed by atoms with Gasteiger partial charge < -0.3 is 16.4 Å². The Bertz CT molecular complexity index is 190. The number of hydrogen-bond acceptors (Lipinski definition) is 2.